The zero-order chi connectivity index (χ0) is 15.4. The number of hydrogen-bond acceptors (Lipinski definition) is 4. The average Bonchev–Trinajstić information content (AvgIpc) is 2.46. The number of nitro groups is 1. The Morgan fingerprint density at radius 1 is 1.52 bits per heavy atom. The van der Waals surface area contributed by atoms with E-state index >= 15 is 0 Å². The maximum Gasteiger partial charge on any atom is 0.287 e. The first kappa shape index (κ1) is 15.7. The van der Waals surface area contributed by atoms with Gasteiger partial charge in [0.25, 0.3) is 11.6 Å². The van der Waals surface area contributed by atoms with Crippen molar-refractivity contribution >= 4 is 23.2 Å². The number of nitrogens with zero attached hydrogens (tertiary/aromatic N) is 2. The molecule has 21 heavy (non-hydrogen) atoms. The lowest BCUT2D eigenvalue weighted by atomic mass is 9.94. The molecule has 0 saturated carbocycles. The van der Waals surface area contributed by atoms with Crippen molar-refractivity contribution in [1.29, 1.82) is 0 Å². The number of benzene rings is 1. The SMILES string of the molecule is O=C(c1ccc([N+](=O)[O-])c(Cl)c1)N1CCCC(CCO)C1. The molecule has 1 heterocycles. The van der Waals surface area contributed by atoms with Crippen LogP contribution in [0.5, 0.6) is 0 Å². The molecular weight excluding hydrogens is 296 g/mol. The minimum Gasteiger partial charge on any atom is -0.396 e. The Kier molecular flexibility index (Phi) is 5.14. The predicted octanol–water partition coefficient (Wildman–Crippen LogP) is 2.48. The molecule has 1 fully saturated rings. The molecule has 1 unspecified atom stereocenters. The third-order valence-corrected chi connectivity index (χ3v) is 4.04. The quantitative estimate of drug-likeness (QED) is 0.684. The van der Waals surface area contributed by atoms with Gasteiger partial charge in [-0.3, -0.25) is 14.9 Å². The van der Waals surface area contributed by atoms with Crippen LogP contribution >= 0.6 is 11.6 Å². The van der Waals surface area contributed by atoms with E-state index in [9.17, 15) is 14.9 Å². The average molecular weight is 313 g/mol. The molecule has 1 saturated heterocycles. The second-order valence-corrected chi connectivity index (χ2v) is 5.60. The molecule has 6 nitrogen and oxygen atoms in total. The Bertz CT molecular complexity index is 548. The van der Waals surface area contributed by atoms with Crippen molar-refractivity contribution in [3.05, 3.63) is 38.9 Å². The van der Waals surface area contributed by atoms with E-state index in [-0.39, 0.29) is 23.2 Å². The second kappa shape index (κ2) is 6.87. The third kappa shape index (κ3) is 3.71. The van der Waals surface area contributed by atoms with Gasteiger partial charge in [0.05, 0.1) is 4.92 Å². The number of halogens is 1. The molecule has 7 heteroatoms. The fraction of sp³-hybridized carbons (Fsp3) is 0.500. The maximum absolute atomic E-state index is 12.4. The lowest BCUT2D eigenvalue weighted by Crippen LogP contribution is -2.40. The van der Waals surface area contributed by atoms with E-state index in [1.807, 2.05) is 0 Å². The van der Waals surface area contributed by atoms with Gasteiger partial charge in [-0.2, -0.15) is 0 Å². The Labute approximate surface area is 127 Å². The number of aliphatic hydroxyl groups excluding tert-OH is 1. The molecule has 0 radical (unpaired) electrons. The van der Waals surface area contributed by atoms with Gasteiger partial charge >= 0.3 is 0 Å². The first-order chi connectivity index (χ1) is 10.0. The van der Waals surface area contributed by atoms with E-state index in [0.717, 1.165) is 12.8 Å². The van der Waals surface area contributed by atoms with Crippen LogP contribution in [0.2, 0.25) is 5.02 Å². The van der Waals surface area contributed by atoms with Crippen LogP contribution < -0.4 is 0 Å². The van der Waals surface area contributed by atoms with Crippen molar-refractivity contribution < 1.29 is 14.8 Å². The number of likely N-dealkylation sites (tertiary alicyclic amines) is 1. The molecule has 1 aliphatic heterocycles. The van der Waals surface area contributed by atoms with Crippen LogP contribution in [0.15, 0.2) is 18.2 Å². The number of amides is 1. The standard InChI is InChI=1S/C14H17ClN2O4/c15-12-8-11(3-4-13(12)17(20)21)14(19)16-6-1-2-10(9-16)5-7-18/h3-4,8,10,18H,1-2,5-7,9H2. The van der Waals surface area contributed by atoms with Gasteiger partial charge in [0.2, 0.25) is 0 Å². The number of aliphatic hydroxyl groups is 1. The van der Waals surface area contributed by atoms with Crippen molar-refractivity contribution in [1.82, 2.24) is 4.90 Å². The van der Waals surface area contributed by atoms with Crippen LogP contribution in [0.3, 0.4) is 0 Å². The van der Waals surface area contributed by atoms with Crippen LogP contribution in [-0.2, 0) is 0 Å². The number of carbonyl (C=O) groups excluding carboxylic acids is 1. The lowest BCUT2D eigenvalue weighted by Gasteiger charge is -2.32. The molecule has 2 rings (SSSR count). The molecule has 0 bridgehead atoms. The van der Waals surface area contributed by atoms with E-state index in [1.54, 1.807) is 4.90 Å². The minimum atomic E-state index is -0.575. The fourth-order valence-electron chi connectivity index (χ4n) is 2.64. The van der Waals surface area contributed by atoms with E-state index in [0.29, 0.717) is 31.0 Å². The highest BCUT2D eigenvalue weighted by Gasteiger charge is 2.25. The zero-order valence-corrected chi connectivity index (χ0v) is 12.3. The van der Waals surface area contributed by atoms with Gasteiger partial charge in [0.1, 0.15) is 5.02 Å². The van der Waals surface area contributed by atoms with Gasteiger partial charge in [-0.25, -0.2) is 0 Å². The fourth-order valence-corrected chi connectivity index (χ4v) is 2.89. The van der Waals surface area contributed by atoms with Gasteiger partial charge in [0, 0.05) is 31.3 Å². The van der Waals surface area contributed by atoms with Crippen LogP contribution in [0, 0.1) is 16.0 Å². The summed E-state index contributed by atoms with van der Waals surface area (Å²) in [5.41, 5.74) is 0.153. The summed E-state index contributed by atoms with van der Waals surface area (Å²) in [6.45, 7) is 1.39. The number of carbonyl (C=O) groups is 1. The largest absolute Gasteiger partial charge is 0.396 e. The van der Waals surface area contributed by atoms with E-state index in [4.69, 9.17) is 16.7 Å². The van der Waals surface area contributed by atoms with Gasteiger partial charge in [-0.1, -0.05) is 11.6 Å². The molecule has 0 aromatic heterocycles. The van der Waals surface area contributed by atoms with Gasteiger partial charge in [-0.15, -0.1) is 0 Å². The van der Waals surface area contributed by atoms with Gasteiger partial charge < -0.3 is 10.0 Å². The van der Waals surface area contributed by atoms with Crippen LogP contribution in [0.4, 0.5) is 5.69 Å². The first-order valence-electron chi connectivity index (χ1n) is 6.87. The summed E-state index contributed by atoms with van der Waals surface area (Å²) in [5, 5.41) is 19.7. The highest BCUT2D eigenvalue weighted by molar-refractivity contribution is 6.33. The van der Waals surface area contributed by atoms with Crippen LogP contribution in [0.1, 0.15) is 29.6 Å². The minimum absolute atomic E-state index is 0.0326. The molecule has 1 atom stereocenters. The molecule has 1 aromatic rings. The van der Waals surface area contributed by atoms with Crippen LogP contribution in [0.25, 0.3) is 0 Å². The highest BCUT2D eigenvalue weighted by atomic mass is 35.5. The van der Waals surface area contributed by atoms with E-state index in [2.05, 4.69) is 0 Å². The Morgan fingerprint density at radius 3 is 2.90 bits per heavy atom. The molecule has 0 spiro atoms. The van der Waals surface area contributed by atoms with Crippen LogP contribution in [-0.4, -0.2) is 40.5 Å². The molecule has 114 valence electrons. The number of hydrogen-bond donors (Lipinski definition) is 1. The second-order valence-electron chi connectivity index (χ2n) is 5.20. The summed E-state index contributed by atoms with van der Waals surface area (Å²) in [6.07, 6.45) is 2.59. The van der Waals surface area contributed by atoms with Gasteiger partial charge in [-0.05, 0) is 37.3 Å². The molecule has 1 amide bonds. The molecule has 1 N–H and O–H groups in total. The van der Waals surface area contributed by atoms with Crippen molar-refractivity contribution in [3.8, 4) is 0 Å². The maximum atomic E-state index is 12.4. The summed E-state index contributed by atoms with van der Waals surface area (Å²) >= 11 is 5.84. The Hall–Kier alpha value is -1.66. The smallest absolute Gasteiger partial charge is 0.287 e. The zero-order valence-electron chi connectivity index (χ0n) is 11.5. The lowest BCUT2D eigenvalue weighted by molar-refractivity contribution is -0.384. The Balaban J connectivity index is 2.12. The summed E-state index contributed by atoms with van der Waals surface area (Å²) in [5.74, 6) is 0.135. The molecule has 0 aliphatic carbocycles. The van der Waals surface area contributed by atoms with Crippen molar-refractivity contribution in [2.45, 2.75) is 19.3 Å². The monoisotopic (exact) mass is 312 g/mol. The molecule has 1 aliphatic rings. The third-order valence-electron chi connectivity index (χ3n) is 3.73. The predicted molar refractivity (Wildman–Crippen MR) is 78.4 cm³/mol. The molecule has 1 aromatic carbocycles. The van der Waals surface area contributed by atoms with Crippen molar-refractivity contribution in [2.24, 2.45) is 5.92 Å². The Morgan fingerprint density at radius 2 is 2.29 bits per heavy atom. The summed E-state index contributed by atoms with van der Waals surface area (Å²) < 4.78 is 0. The molecular formula is C14H17ClN2O4. The normalized spacial score (nSPS) is 18.6. The van der Waals surface area contributed by atoms with E-state index < -0.39 is 4.92 Å². The summed E-state index contributed by atoms with van der Waals surface area (Å²) in [4.78, 5) is 24.3. The summed E-state index contributed by atoms with van der Waals surface area (Å²) in [6, 6.07) is 4.03. The summed E-state index contributed by atoms with van der Waals surface area (Å²) in [7, 11) is 0. The van der Waals surface area contributed by atoms with Crippen molar-refractivity contribution in [3.63, 3.8) is 0 Å². The highest BCUT2D eigenvalue weighted by Crippen LogP contribution is 2.27. The van der Waals surface area contributed by atoms with Crippen molar-refractivity contribution in [2.75, 3.05) is 19.7 Å². The number of rotatable bonds is 4. The van der Waals surface area contributed by atoms with E-state index in [1.165, 1.54) is 18.2 Å². The number of nitro benzene ring substituents is 1. The number of piperidine rings is 1. The first-order valence-corrected chi connectivity index (χ1v) is 7.24. The van der Waals surface area contributed by atoms with Gasteiger partial charge in [0.15, 0.2) is 0 Å². The topological polar surface area (TPSA) is 83.7 Å².